The smallest absolute Gasteiger partial charge is 0.872 e. The summed E-state index contributed by atoms with van der Waals surface area (Å²) in [6.45, 7) is 3.39. The minimum Gasteiger partial charge on any atom is -0.872 e. The van der Waals surface area contributed by atoms with Crippen molar-refractivity contribution in [3.8, 4) is 11.4 Å². The van der Waals surface area contributed by atoms with Gasteiger partial charge in [0.15, 0.2) is 5.49 Å². The van der Waals surface area contributed by atoms with Crippen LogP contribution in [-0.2, 0) is 11.8 Å². The Kier molecular flexibility index (Phi) is 8.18. The first-order valence-electron chi connectivity index (χ1n) is 8.81. The summed E-state index contributed by atoms with van der Waals surface area (Å²) >= 11 is 0. The van der Waals surface area contributed by atoms with Crippen molar-refractivity contribution in [2.45, 2.75) is 19.9 Å². The largest absolute Gasteiger partial charge is 1.00 e. The van der Waals surface area contributed by atoms with Crippen molar-refractivity contribution in [1.29, 1.82) is 0 Å². The average molecular weight is 417 g/mol. The van der Waals surface area contributed by atoms with E-state index in [0.717, 1.165) is 11.4 Å². The van der Waals surface area contributed by atoms with Gasteiger partial charge in [0, 0.05) is 13.3 Å². The fourth-order valence-electron chi connectivity index (χ4n) is 2.80. The predicted octanol–water partition coefficient (Wildman–Crippen LogP) is -0.674. The Hall–Kier alpha value is -1.97. The van der Waals surface area contributed by atoms with E-state index in [1.54, 1.807) is 18.2 Å². The number of carboxylic acid groups (broad SMARTS) is 1. The molecule has 3 rings (SSSR count). The Morgan fingerprint density at radius 3 is 2.38 bits per heavy atom. The summed E-state index contributed by atoms with van der Waals surface area (Å²) in [5.74, 6) is -1.16. The van der Waals surface area contributed by atoms with E-state index in [9.17, 15) is 15.0 Å². The van der Waals surface area contributed by atoms with Crippen LogP contribution in [0.5, 0.6) is 5.75 Å². The van der Waals surface area contributed by atoms with E-state index < -0.39 is 12.0 Å². The van der Waals surface area contributed by atoms with Gasteiger partial charge in [0.05, 0.1) is 11.4 Å². The molecule has 1 atom stereocenters. The standard InChI is InChI=1S/C21H22N4O3.K/c1-14(21(27)28)23-20-19(22-13-16-9-7-8-12-18(16)26)15(2)24(3)25(20)17-10-5-4-6-11-17;/h4-14,26H,1-3H3,(H,27,28);/q;+1/p-1. The van der Waals surface area contributed by atoms with Gasteiger partial charge in [-0.05, 0) is 31.5 Å². The molecular weight excluding hydrogens is 395 g/mol. The number of para-hydroxylation sites is 2. The minimum absolute atomic E-state index is 0. The van der Waals surface area contributed by atoms with E-state index in [0.29, 0.717) is 16.7 Å². The maximum atomic E-state index is 12.0. The van der Waals surface area contributed by atoms with Crippen molar-refractivity contribution >= 4 is 17.9 Å². The van der Waals surface area contributed by atoms with Gasteiger partial charge in [-0.15, -0.1) is 5.75 Å². The fraction of sp³-hybridized carbons (Fsp3) is 0.190. The molecule has 0 aliphatic rings. The van der Waals surface area contributed by atoms with Crippen molar-refractivity contribution in [3.63, 3.8) is 0 Å². The molecule has 1 unspecified atom stereocenters. The summed E-state index contributed by atoms with van der Waals surface area (Å²) < 4.78 is 3.67. The van der Waals surface area contributed by atoms with E-state index in [2.05, 4.69) is 9.98 Å². The molecule has 0 aliphatic carbocycles. The molecule has 0 fully saturated rings. The molecule has 29 heavy (non-hydrogen) atoms. The molecule has 1 heterocycles. The van der Waals surface area contributed by atoms with Gasteiger partial charge in [-0.25, -0.2) is 14.5 Å². The monoisotopic (exact) mass is 416 g/mol. The van der Waals surface area contributed by atoms with E-state index in [1.807, 2.05) is 53.7 Å². The number of nitrogens with zero attached hydrogens (tertiary/aromatic N) is 4. The number of benzene rings is 2. The van der Waals surface area contributed by atoms with Gasteiger partial charge in [-0.2, -0.15) is 0 Å². The number of aliphatic carboxylic acids is 1. The number of hydrogen-bond acceptors (Lipinski definition) is 4. The van der Waals surface area contributed by atoms with Gasteiger partial charge >= 0.3 is 57.4 Å². The second kappa shape index (κ2) is 10.2. The molecule has 0 amide bonds. The van der Waals surface area contributed by atoms with E-state index in [-0.39, 0.29) is 57.1 Å². The third-order valence-corrected chi connectivity index (χ3v) is 4.47. The van der Waals surface area contributed by atoms with Crippen molar-refractivity contribution in [1.82, 2.24) is 9.36 Å². The second-order valence-corrected chi connectivity index (χ2v) is 6.37. The minimum atomic E-state index is -1.03. The molecule has 1 N–H and O–H groups in total. The molecule has 3 aromatic rings. The van der Waals surface area contributed by atoms with Crippen LogP contribution in [0.25, 0.3) is 5.69 Å². The Morgan fingerprint density at radius 1 is 1.14 bits per heavy atom. The summed E-state index contributed by atoms with van der Waals surface area (Å²) in [5.41, 5.74) is 3.01. The predicted molar refractivity (Wildman–Crippen MR) is 105 cm³/mol. The van der Waals surface area contributed by atoms with Crippen molar-refractivity contribution in [3.05, 3.63) is 71.3 Å². The van der Waals surface area contributed by atoms with Crippen LogP contribution >= 0.6 is 0 Å². The summed E-state index contributed by atoms with van der Waals surface area (Å²) in [4.78, 5) is 20.3. The van der Waals surface area contributed by atoms with Gasteiger partial charge in [0.2, 0.25) is 0 Å². The van der Waals surface area contributed by atoms with Gasteiger partial charge < -0.3 is 10.2 Å². The summed E-state index contributed by atoms with van der Waals surface area (Å²) in [6.07, 6.45) is 1.49. The quantitative estimate of drug-likeness (QED) is 0.441. The van der Waals surface area contributed by atoms with Crippen LogP contribution in [0.15, 0.2) is 64.6 Å². The molecule has 144 valence electrons. The van der Waals surface area contributed by atoms with Crippen LogP contribution in [0.3, 0.4) is 0 Å². The van der Waals surface area contributed by atoms with Crippen LogP contribution in [-0.4, -0.2) is 32.7 Å². The first-order chi connectivity index (χ1) is 13.4. The number of hydrogen-bond donors (Lipinski definition) is 1. The number of rotatable bonds is 5. The topological polar surface area (TPSA) is 94.9 Å². The Bertz CT molecular complexity index is 1100. The Morgan fingerprint density at radius 2 is 1.76 bits per heavy atom. The third-order valence-electron chi connectivity index (χ3n) is 4.47. The molecule has 0 aliphatic heterocycles. The first kappa shape index (κ1) is 23.3. The molecule has 0 spiro atoms. The molecule has 0 saturated heterocycles. The fourth-order valence-corrected chi connectivity index (χ4v) is 2.80. The number of carboxylic acids is 1. The van der Waals surface area contributed by atoms with Crippen LogP contribution < -0.4 is 62.0 Å². The van der Waals surface area contributed by atoms with Crippen molar-refractivity contribution in [2.24, 2.45) is 17.0 Å². The van der Waals surface area contributed by atoms with Gasteiger partial charge in [-0.1, -0.05) is 42.5 Å². The van der Waals surface area contributed by atoms with Crippen LogP contribution in [0.2, 0.25) is 0 Å². The van der Waals surface area contributed by atoms with Crippen LogP contribution in [0.1, 0.15) is 18.2 Å². The molecule has 2 aromatic carbocycles. The molecular formula is C21H21KN4O3. The van der Waals surface area contributed by atoms with Gasteiger partial charge in [-0.3, -0.25) is 9.67 Å². The van der Waals surface area contributed by atoms with Crippen molar-refractivity contribution in [2.75, 3.05) is 0 Å². The molecule has 0 saturated carbocycles. The zero-order chi connectivity index (χ0) is 20.3. The molecule has 8 heteroatoms. The molecule has 0 radical (unpaired) electrons. The summed E-state index contributed by atoms with van der Waals surface area (Å²) in [7, 11) is 1.85. The zero-order valence-electron chi connectivity index (χ0n) is 16.9. The van der Waals surface area contributed by atoms with Crippen LogP contribution in [0, 0.1) is 6.92 Å². The number of carbonyl (C=O) groups is 1. The Labute approximate surface area is 211 Å². The molecule has 0 bridgehead atoms. The maximum absolute atomic E-state index is 12.0. The third kappa shape index (κ3) is 5.15. The maximum Gasteiger partial charge on any atom is 1.00 e. The molecule has 7 nitrogen and oxygen atoms in total. The first-order valence-corrected chi connectivity index (χ1v) is 8.81. The SMILES string of the molecule is Cc1c(N=Cc2ccccc2[O-])c(=NC(C)C(=O)O)n(-c2ccccc2)n1C.[K+]. The van der Waals surface area contributed by atoms with Gasteiger partial charge in [0.1, 0.15) is 11.7 Å². The van der Waals surface area contributed by atoms with E-state index >= 15 is 0 Å². The van der Waals surface area contributed by atoms with E-state index in [4.69, 9.17) is 0 Å². The normalized spacial score (nSPS) is 12.7. The zero-order valence-corrected chi connectivity index (χ0v) is 20.0. The molecule has 1 aromatic heterocycles. The Balaban J connectivity index is 0.00000300. The second-order valence-electron chi connectivity index (χ2n) is 6.37. The van der Waals surface area contributed by atoms with Crippen LogP contribution in [0.4, 0.5) is 5.69 Å². The van der Waals surface area contributed by atoms with Crippen molar-refractivity contribution < 1.29 is 66.4 Å². The number of aliphatic imine (C=N–C) groups is 1. The summed E-state index contributed by atoms with van der Waals surface area (Å²) in [6, 6.07) is 15.2. The van der Waals surface area contributed by atoms with E-state index in [1.165, 1.54) is 19.2 Å². The summed E-state index contributed by atoms with van der Waals surface area (Å²) in [5, 5.41) is 21.3. The average Bonchev–Trinajstić information content (AvgIpc) is 2.92. The van der Waals surface area contributed by atoms with Gasteiger partial charge in [0.25, 0.3) is 0 Å². The number of aromatic nitrogens is 2.